The molecular formula is C36H37FIrN2Si-2. The topological polar surface area (TPSA) is 25.8 Å². The van der Waals surface area contributed by atoms with Crippen molar-refractivity contribution in [3.8, 4) is 22.5 Å². The number of hydrogen-bond acceptors (Lipinski definition) is 2. The van der Waals surface area contributed by atoms with Gasteiger partial charge in [-0.3, -0.25) is 4.39 Å². The predicted octanol–water partition coefficient (Wildman–Crippen LogP) is 8.80. The molecule has 0 bridgehead atoms. The number of benzene rings is 3. The molecule has 1 radical (unpaired) electrons. The zero-order valence-corrected chi connectivity index (χ0v) is 28.0. The summed E-state index contributed by atoms with van der Waals surface area (Å²) in [7, 11) is -1.35. The number of aryl methyl sites for hydroxylation is 1. The summed E-state index contributed by atoms with van der Waals surface area (Å²) >= 11 is 0. The Morgan fingerprint density at radius 2 is 1.51 bits per heavy atom. The molecule has 5 rings (SSSR count). The first-order valence-corrected chi connectivity index (χ1v) is 17.3. The van der Waals surface area contributed by atoms with Gasteiger partial charge < -0.3 is 9.97 Å². The first kappa shape index (κ1) is 32.3. The number of halogens is 1. The van der Waals surface area contributed by atoms with E-state index in [1.807, 2.05) is 60.7 Å². The summed E-state index contributed by atoms with van der Waals surface area (Å²) in [6.45, 7) is 13.8. The van der Waals surface area contributed by atoms with Crippen molar-refractivity contribution in [3.63, 3.8) is 0 Å². The molecule has 3 aromatic carbocycles. The first-order valence-electron chi connectivity index (χ1n) is 13.8. The summed E-state index contributed by atoms with van der Waals surface area (Å²) in [5, 5.41) is 1.48. The molecule has 5 heteroatoms. The molecule has 0 unspecified atom stereocenters. The maximum absolute atomic E-state index is 13.9. The van der Waals surface area contributed by atoms with Crippen molar-refractivity contribution in [3.05, 3.63) is 138 Å². The van der Waals surface area contributed by atoms with Crippen LogP contribution in [0.3, 0.4) is 0 Å². The summed E-state index contributed by atoms with van der Waals surface area (Å²) in [6.07, 6.45) is 4.40. The quantitative estimate of drug-likeness (QED) is 0.129. The fourth-order valence-corrected chi connectivity index (χ4v) is 6.20. The van der Waals surface area contributed by atoms with Crippen LogP contribution in [-0.4, -0.2) is 18.0 Å². The van der Waals surface area contributed by atoms with Crippen LogP contribution < -0.4 is 5.19 Å². The molecule has 2 heterocycles. The predicted molar refractivity (Wildman–Crippen MR) is 168 cm³/mol. The summed E-state index contributed by atoms with van der Waals surface area (Å²) < 4.78 is 13.9. The van der Waals surface area contributed by atoms with E-state index < -0.39 is 8.07 Å². The molecule has 0 amide bonds. The molecule has 2 nitrogen and oxygen atoms in total. The monoisotopic (exact) mass is 737 g/mol. The summed E-state index contributed by atoms with van der Waals surface area (Å²) in [6, 6.07) is 33.5. The minimum Gasteiger partial charge on any atom is -0.305 e. The molecule has 0 fully saturated rings. The Hall–Kier alpha value is -3.24. The smallest absolute Gasteiger partial charge is 0.0799 e. The number of rotatable bonds is 6. The van der Waals surface area contributed by atoms with E-state index in [0.717, 1.165) is 28.1 Å². The minimum absolute atomic E-state index is 0. The van der Waals surface area contributed by atoms with Crippen LogP contribution >= 0.6 is 0 Å². The standard InChI is InChI=1S/C18H13FN.C18H24NSi.Ir/c19-17-10-9-15(18-8-4-5-11-20-18)13-16(17)12-14-6-2-1-3-7-14;1-13(2)16-11-17(15-9-7-14(3)8-10-15)19-12-18(16)20(4,5)6;/h1-8,10-11,13H,12H2;7-9,11-13H,1-6H3;/q2*-1;. The summed E-state index contributed by atoms with van der Waals surface area (Å²) in [5.74, 6) is 0.303. The van der Waals surface area contributed by atoms with Crippen molar-refractivity contribution in [2.24, 2.45) is 0 Å². The van der Waals surface area contributed by atoms with Crippen LogP contribution in [0.4, 0.5) is 4.39 Å². The average Bonchev–Trinajstić information content (AvgIpc) is 2.95. The molecule has 5 aromatic rings. The van der Waals surface area contributed by atoms with E-state index in [1.165, 1.54) is 22.4 Å². The van der Waals surface area contributed by atoms with E-state index >= 15 is 0 Å². The normalized spacial score (nSPS) is 10.9. The molecule has 0 spiro atoms. The van der Waals surface area contributed by atoms with Crippen LogP contribution in [-0.2, 0) is 26.5 Å². The molecule has 0 N–H and O–H groups in total. The molecule has 0 aliphatic heterocycles. The third kappa shape index (κ3) is 8.87. The van der Waals surface area contributed by atoms with Gasteiger partial charge >= 0.3 is 0 Å². The second kappa shape index (κ2) is 14.6. The van der Waals surface area contributed by atoms with E-state index in [0.29, 0.717) is 17.9 Å². The second-order valence-electron chi connectivity index (χ2n) is 11.4. The van der Waals surface area contributed by atoms with Crippen molar-refractivity contribution in [2.75, 3.05) is 0 Å². The molecule has 0 aliphatic rings. The van der Waals surface area contributed by atoms with E-state index in [-0.39, 0.29) is 25.9 Å². The Balaban J connectivity index is 0.000000220. The maximum Gasteiger partial charge on any atom is 0.0799 e. The number of hydrogen-bond donors (Lipinski definition) is 0. The molecule has 0 saturated heterocycles. The Morgan fingerprint density at radius 3 is 2.12 bits per heavy atom. The van der Waals surface area contributed by atoms with Gasteiger partial charge in [0.1, 0.15) is 0 Å². The van der Waals surface area contributed by atoms with Gasteiger partial charge in [-0.1, -0.05) is 100 Å². The maximum atomic E-state index is 13.9. The number of pyridine rings is 2. The van der Waals surface area contributed by atoms with Crippen LogP contribution in [0.25, 0.3) is 22.5 Å². The third-order valence-electron chi connectivity index (χ3n) is 6.77. The molecule has 0 atom stereocenters. The van der Waals surface area contributed by atoms with Gasteiger partial charge in [0.15, 0.2) is 0 Å². The fraction of sp³-hybridized carbons (Fsp3) is 0.222. The SMILES string of the molecule is Cc1c[c-]c(-c2cc(C(C)C)c([Si](C)(C)C)cn2)cc1.Fc1c[c-]c(-c2ccccn2)cc1Cc1ccccc1.[Ir]. The van der Waals surface area contributed by atoms with Gasteiger partial charge in [0, 0.05) is 38.3 Å². The van der Waals surface area contributed by atoms with Gasteiger partial charge in [0.05, 0.1) is 8.07 Å². The second-order valence-corrected chi connectivity index (χ2v) is 16.5. The fourth-order valence-electron chi connectivity index (χ4n) is 4.52. The van der Waals surface area contributed by atoms with Gasteiger partial charge in [-0.15, -0.1) is 59.2 Å². The minimum atomic E-state index is -1.35. The van der Waals surface area contributed by atoms with Crippen LogP contribution in [0, 0.1) is 24.9 Å². The molecule has 0 aliphatic carbocycles. The molecule has 2 aromatic heterocycles. The van der Waals surface area contributed by atoms with E-state index in [2.05, 4.69) is 81.9 Å². The van der Waals surface area contributed by atoms with Gasteiger partial charge in [0.2, 0.25) is 0 Å². The van der Waals surface area contributed by atoms with Gasteiger partial charge in [-0.25, -0.2) is 0 Å². The summed E-state index contributed by atoms with van der Waals surface area (Å²) in [5.41, 5.74) is 8.18. The van der Waals surface area contributed by atoms with Crippen molar-refractivity contribution >= 4 is 13.3 Å². The van der Waals surface area contributed by atoms with Crippen LogP contribution in [0.15, 0.2) is 97.3 Å². The molecular weight excluding hydrogens is 700 g/mol. The summed E-state index contributed by atoms with van der Waals surface area (Å²) in [4.78, 5) is 8.96. The van der Waals surface area contributed by atoms with Crippen molar-refractivity contribution in [2.45, 2.75) is 52.8 Å². The van der Waals surface area contributed by atoms with E-state index in [1.54, 1.807) is 6.20 Å². The molecule has 41 heavy (non-hydrogen) atoms. The zero-order chi connectivity index (χ0) is 28.7. The first-order chi connectivity index (χ1) is 19.1. The molecule has 213 valence electrons. The van der Waals surface area contributed by atoms with Crippen molar-refractivity contribution in [1.29, 1.82) is 0 Å². The zero-order valence-electron chi connectivity index (χ0n) is 24.6. The number of aromatic nitrogens is 2. The van der Waals surface area contributed by atoms with E-state index in [4.69, 9.17) is 4.98 Å². The van der Waals surface area contributed by atoms with Crippen molar-refractivity contribution < 1.29 is 24.5 Å². The Bertz CT molecular complexity index is 1530. The van der Waals surface area contributed by atoms with E-state index in [9.17, 15) is 4.39 Å². The van der Waals surface area contributed by atoms with Gasteiger partial charge in [-0.05, 0) is 40.5 Å². The van der Waals surface area contributed by atoms with Crippen LogP contribution in [0.2, 0.25) is 19.6 Å². The Labute approximate surface area is 259 Å². The largest absolute Gasteiger partial charge is 0.305 e. The van der Waals surface area contributed by atoms with Crippen LogP contribution in [0.1, 0.15) is 42.0 Å². The van der Waals surface area contributed by atoms with Crippen LogP contribution in [0.5, 0.6) is 0 Å². The Morgan fingerprint density at radius 1 is 0.805 bits per heavy atom. The average molecular weight is 737 g/mol. The molecule has 0 saturated carbocycles. The van der Waals surface area contributed by atoms with Crippen molar-refractivity contribution in [1.82, 2.24) is 9.97 Å². The number of nitrogens with zero attached hydrogens (tertiary/aromatic N) is 2. The van der Waals surface area contributed by atoms with Gasteiger partial charge in [0.25, 0.3) is 0 Å². The third-order valence-corrected chi connectivity index (χ3v) is 8.80. The van der Waals surface area contributed by atoms with Gasteiger partial charge in [-0.2, -0.15) is 0 Å². The Kier molecular flexibility index (Phi) is 11.5.